The molecule has 0 saturated heterocycles. The molecule has 0 fully saturated rings. The van der Waals surface area contributed by atoms with Gasteiger partial charge in [-0.1, -0.05) is 18.2 Å². The van der Waals surface area contributed by atoms with Crippen molar-refractivity contribution < 1.29 is 47.5 Å². The number of rotatable bonds is 5. The van der Waals surface area contributed by atoms with Crippen LogP contribution in [0.1, 0.15) is 0 Å². The molecule has 6 nitrogen and oxygen atoms in total. The fraction of sp³-hybridized carbons (Fsp3) is 0.333. The highest BCUT2D eigenvalue weighted by atomic mass is 32.2. The Morgan fingerprint density at radius 3 is 1.77 bits per heavy atom. The SMILES string of the molecule is O=S(=O)(OC(C(F)(F)F)C(F)(F)S(=O)(=O)O)c1ccccc1. The summed E-state index contributed by atoms with van der Waals surface area (Å²) < 4.78 is 119. The van der Waals surface area contributed by atoms with Crippen LogP contribution in [0.4, 0.5) is 22.0 Å². The van der Waals surface area contributed by atoms with Crippen molar-refractivity contribution in [3.63, 3.8) is 0 Å². The van der Waals surface area contributed by atoms with Crippen molar-refractivity contribution in [2.24, 2.45) is 0 Å². The van der Waals surface area contributed by atoms with Gasteiger partial charge < -0.3 is 0 Å². The number of hydrogen-bond acceptors (Lipinski definition) is 5. The van der Waals surface area contributed by atoms with E-state index in [9.17, 15) is 38.8 Å². The predicted molar refractivity (Wildman–Crippen MR) is 61.1 cm³/mol. The molecule has 0 heterocycles. The Hall–Kier alpha value is -1.31. The lowest BCUT2D eigenvalue weighted by Gasteiger charge is -2.25. The van der Waals surface area contributed by atoms with Crippen LogP contribution in [0.15, 0.2) is 35.2 Å². The first-order valence-electron chi connectivity index (χ1n) is 5.09. The van der Waals surface area contributed by atoms with Crippen molar-refractivity contribution in [2.75, 3.05) is 0 Å². The first-order chi connectivity index (χ1) is 9.69. The van der Waals surface area contributed by atoms with Gasteiger partial charge in [0, 0.05) is 0 Å². The van der Waals surface area contributed by atoms with Gasteiger partial charge >= 0.3 is 21.5 Å². The molecule has 1 aromatic rings. The van der Waals surface area contributed by atoms with E-state index < -0.39 is 42.7 Å². The Morgan fingerprint density at radius 1 is 0.955 bits per heavy atom. The van der Waals surface area contributed by atoms with Crippen LogP contribution in [0.5, 0.6) is 0 Å². The van der Waals surface area contributed by atoms with E-state index in [2.05, 4.69) is 4.18 Å². The molecule has 126 valence electrons. The molecular weight excluding hydrogens is 363 g/mol. The number of benzene rings is 1. The highest BCUT2D eigenvalue weighted by Crippen LogP contribution is 2.39. The molecule has 0 amide bonds. The zero-order chi connectivity index (χ0) is 17.4. The standard InChI is InChI=1S/C9H7F5O6S2/c10-8(11,12)7(9(13,14)22(17,18)19)20-21(15,16)6-4-2-1-3-5-6/h1-5,7H,(H,17,18,19). The third-order valence-electron chi connectivity index (χ3n) is 2.20. The zero-order valence-corrected chi connectivity index (χ0v) is 11.8. The van der Waals surface area contributed by atoms with Crippen molar-refractivity contribution in [3.8, 4) is 0 Å². The first-order valence-corrected chi connectivity index (χ1v) is 7.94. The summed E-state index contributed by atoms with van der Waals surface area (Å²) in [5, 5.41) is -5.92. The molecule has 0 spiro atoms. The Labute approximate surface area is 121 Å². The second kappa shape index (κ2) is 5.72. The van der Waals surface area contributed by atoms with Crippen LogP contribution >= 0.6 is 0 Å². The Kier molecular flexibility index (Phi) is 4.87. The lowest BCUT2D eigenvalue weighted by Crippen LogP contribution is -2.52. The van der Waals surface area contributed by atoms with Crippen LogP contribution < -0.4 is 0 Å². The smallest absolute Gasteiger partial charge is 0.281 e. The third-order valence-corrected chi connectivity index (χ3v) is 4.40. The van der Waals surface area contributed by atoms with Crippen molar-refractivity contribution in [2.45, 2.75) is 22.4 Å². The summed E-state index contributed by atoms with van der Waals surface area (Å²) in [5.41, 5.74) is 0. The summed E-state index contributed by atoms with van der Waals surface area (Å²) in [6.45, 7) is 0. The van der Waals surface area contributed by atoms with E-state index in [-0.39, 0.29) is 0 Å². The molecule has 0 aromatic heterocycles. The van der Waals surface area contributed by atoms with Crippen LogP contribution in [0.25, 0.3) is 0 Å². The van der Waals surface area contributed by atoms with Crippen molar-refractivity contribution in [1.29, 1.82) is 0 Å². The van der Waals surface area contributed by atoms with Gasteiger partial charge in [-0.15, -0.1) is 0 Å². The van der Waals surface area contributed by atoms with Gasteiger partial charge in [0.25, 0.3) is 16.2 Å². The highest BCUT2D eigenvalue weighted by Gasteiger charge is 2.66. The molecule has 0 radical (unpaired) electrons. The quantitative estimate of drug-likeness (QED) is 0.482. The van der Waals surface area contributed by atoms with E-state index in [1.54, 1.807) is 0 Å². The maximum atomic E-state index is 13.2. The van der Waals surface area contributed by atoms with Crippen LogP contribution in [0.3, 0.4) is 0 Å². The van der Waals surface area contributed by atoms with Crippen molar-refractivity contribution in [1.82, 2.24) is 0 Å². The van der Waals surface area contributed by atoms with Gasteiger partial charge in [0.05, 0.1) is 4.90 Å². The number of alkyl halides is 5. The number of hydrogen-bond donors (Lipinski definition) is 1. The van der Waals surface area contributed by atoms with E-state index in [4.69, 9.17) is 4.55 Å². The average Bonchev–Trinajstić information content (AvgIpc) is 2.34. The minimum Gasteiger partial charge on any atom is -0.281 e. The summed E-state index contributed by atoms with van der Waals surface area (Å²) in [5.74, 6) is 0. The van der Waals surface area contributed by atoms with Crippen molar-refractivity contribution in [3.05, 3.63) is 30.3 Å². The molecule has 1 aromatic carbocycles. The lowest BCUT2D eigenvalue weighted by molar-refractivity contribution is -0.237. The summed E-state index contributed by atoms with van der Waals surface area (Å²) >= 11 is 0. The largest absolute Gasteiger partial charge is 0.423 e. The minimum absolute atomic E-state index is 0.744. The van der Waals surface area contributed by atoms with E-state index in [1.165, 1.54) is 6.07 Å². The Balaban J connectivity index is 3.34. The zero-order valence-electron chi connectivity index (χ0n) is 10.2. The molecule has 1 N–H and O–H groups in total. The first kappa shape index (κ1) is 18.7. The minimum atomic E-state index is -6.58. The van der Waals surface area contributed by atoms with Crippen LogP contribution in [-0.4, -0.2) is 38.9 Å². The second-order valence-corrected chi connectivity index (χ2v) is 6.89. The molecule has 13 heteroatoms. The normalized spacial score (nSPS) is 15.5. The molecule has 0 aliphatic rings. The van der Waals surface area contributed by atoms with Gasteiger partial charge in [0.1, 0.15) is 0 Å². The topological polar surface area (TPSA) is 97.7 Å². The number of halogens is 5. The van der Waals surface area contributed by atoms with Gasteiger partial charge in [0.2, 0.25) is 0 Å². The molecule has 0 aliphatic carbocycles. The maximum absolute atomic E-state index is 13.2. The molecule has 1 unspecified atom stereocenters. The van der Waals surface area contributed by atoms with Crippen LogP contribution in [0.2, 0.25) is 0 Å². The monoisotopic (exact) mass is 370 g/mol. The summed E-state index contributed by atoms with van der Waals surface area (Å²) in [4.78, 5) is -0.907. The van der Waals surface area contributed by atoms with Gasteiger partial charge in [-0.25, -0.2) is 4.18 Å². The molecule has 0 saturated carbocycles. The lowest BCUT2D eigenvalue weighted by atomic mass is 10.3. The molecular formula is C9H7F5O6S2. The third kappa shape index (κ3) is 3.91. The molecule has 1 atom stereocenters. The molecule has 0 aliphatic heterocycles. The van der Waals surface area contributed by atoms with E-state index in [0.717, 1.165) is 24.3 Å². The van der Waals surface area contributed by atoms with Crippen molar-refractivity contribution >= 4 is 20.2 Å². The molecule has 1 rings (SSSR count). The second-order valence-electron chi connectivity index (χ2n) is 3.82. The fourth-order valence-corrected chi connectivity index (χ4v) is 2.80. The van der Waals surface area contributed by atoms with E-state index in [0.29, 0.717) is 0 Å². The van der Waals surface area contributed by atoms with Gasteiger partial charge in [0.15, 0.2) is 0 Å². The van der Waals surface area contributed by atoms with E-state index >= 15 is 0 Å². The van der Waals surface area contributed by atoms with Gasteiger partial charge in [-0.05, 0) is 12.1 Å². The maximum Gasteiger partial charge on any atom is 0.423 e. The predicted octanol–water partition coefficient (Wildman–Crippen LogP) is 1.80. The fourth-order valence-electron chi connectivity index (χ4n) is 1.21. The molecule has 0 bridgehead atoms. The average molecular weight is 370 g/mol. The summed E-state index contributed by atoms with van der Waals surface area (Å²) in [6.07, 6.45) is -10.7. The van der Waals surface area contributed by atoms with Gasteiger partial charge in [-0.2, -0.15) is 38.8 Å². The highest BCUT2D eigenvalue weighted by molar-refractivity contribution is 7.87. The van der Waals surface area contributed by atoms with Crippen LogP contribution in [-0.2, 0) is 24.4 Å². The molecule has 22 heavy (non-hydrogen) atoms. The van der Waals surface area contributed by atoms with Crippen LogP contribution in [0, 0.1) is 0 Å². The Bertz CT molecular complexity index is 726. The Morgan fingerprint density at radius 2 is 1.41 bits per heavy atom. The summed E-state index contributed by atoms with van der Waals surface area (Å²) in [6, 6.07) is 4.91. The van der Waals surface area contributed by atoms with Gasteiger partial charge in [-0.3, -0.25) is 4.55 Å². The van der Waals surface area contributed by atoms with E-state index in [1.807, 2.05) is 0 Å². The summed E-state index contributed by atoms with van der Waals surface area (Å²) in [7, 11) is -11.9.